The minimum atomic E-state index is -0.641. The van der Waals surface area contributed by atoms with Crippen LogP contribution in [0.3, 0.4) is 0 Å². The van der Waals surface area contributed by atoms with Gasteiger partial charge in [-0.2, -0.15) is 5.10 Å². The normalized spacial score (nSPS) is 17.5. The number of benzene rings is 2. The van der Waals surface area contributed by atoms with E-state index in [0.29, 0.717) is 17.0 Å². The molecule has 150 valence electrons. The number of methoxy groups -OCH3 is 1. The van der Waals surface area contributed by atoms with Gasteiger partial charge in [-0.25, -0.2) is 4.39 Å². The quantitative estimate of drug-likeness (QED) is 0.495. The van der Waals surface area contributed by atoms with Gasteiger partial charge in [0.25, 0.3) is 0 Å². The Labute approximate surface area is 169 Å². The Morgan fingerprint density at radius 2 is 2.10 bits per heavy atom. The number of amidine groups is 1. The second kappa shape index (κ2) is 9.20. The minimum absolute atomic E-state index is 0.0105. The monoisotopic (exact) mass is 416 g/mol. The Hall–Kier alpha value is -3.40. The fourth-order valence-corrected chi connectivity index (χ4v) is 3.35. The number of phenols is 1. The highest BCUT2D eigenvalue weighted by Gasteiger charge is 2.32. The van der Waals surface area contributed by atoms with Gasteiger partial charge < -0.3 is 20.5 Å². The molecule has 1 aliphatic heterocycles. The lowest BCUT2D eigenvalue weighted by atomic mass is 10.2. The van der Waals surface area contributed by atoms with Crippen molar-refractivity contribution in [1.29, 1.82) is 0 Å². The highest BCUT2D eigenvalue weighted by atomic mass is 32.2. The molecule has 1 saturated heterocycles. The number of phenolic OH excluding ortho intramolecular Hbond substituents is 1. The summed E-state index contributed by atoms with van der Waals surface area (Å²) in [5.41, 5.74) is 1.09. The first-order valence-electron chi connectivity index (χ1n) is 8.45. The Morgan fingerprint density at radius 1 is 1.34 bits per heavy atom. The predicted octanol–water partition coefficient (Wildman–Crippen LogP) is 2.49. The van der Waals surface area contributed by atoms with Crippen LogP contribution < -0.4 is 15.4 Å². The van der Waals surface area contributed by atoms with Crippen LogP contribution in [-0.4, -0.2) is 40.7 Å². The van der Waals surface area contributed by atoms with E-state index in [9.17, 15) is 19.1 Å². The van der Waals surface area contributed by atoms with E-state index >= 15 is 0 Å². The molecule has 2 aromatic carbocycles. The van der Waals surface area contributed by atoms with Crippen molar-refractivity contribution >= 4 is 40.6 Å². The van der Waals surface area contributed by atoms with E-state index in [0.717, 1.165) is 11.8 Å². The van der Waals surface area contributed by atoms with Crippen LogP contribution in [0.15, 0.2) is 52.7 Å². The SMILES string of the molecule is COc1cc(C=NN=C2NC(=O)C(CC(=O)Nc3ccc(F)cc3)S2)ccc1O. The van der Waals surface area contributed by atoms with Gasteiger partial charge in [-0.3, -0.25) is 9.59 Å². The molecule has 0 radical (unpaired) electrons. The zero-order chi connectivity index (χ0) is 20.8. The maximum absolute atomic E-state index is 12.9. The molecule has 1 atom stereocenters. The van der Waals surface area contributed by atoms with E-state index < -0.39 is 11.1 Å². The predicted molar refractivity (Wildman–Crippen MR) is 109 cm³/mol. The van der Waals surface area contributed by atoms with Crippen LogP contribution >= 0.6 is 11.8 Å². The molecule has 3 N–H and O–H groups in total. The number of hydrogen-bond donors (Lipinski definition) is 3. The molecular weight excluding hydrogens is 399 g/mol. The molecule has 29 heavy (non-hydrogen) atoms. The first-order valence-corrected chi connectivity index (χ1v) is 9.33. The maximum Gasteiger partial charge on any atom is 0.240 e. The number of nitrogens with one attached hydrogen (secondary N) is 2. The number of aromatic hydroxyl groups is 1. The largest absolute Gasteiger partial charge is 0.504 e. The van der Waals surface area contributed by atoms with Gasteiger partial charge >= 0.3 is 0 Å². The van der Waals surface area contributed by atoms with E-state index in [1.807, 2.05) is 0 Å². The van der Waals surface area contributed by atoms with Crippen molar-refractivity contribution in [2.45, 2.75) is 11.7 Å². The standard InChI is InChI=1S/C19H17FN4O4S/c1-28-15-8-11(2-7-14(15)25)10-21-24-19-23-18(27)16(29-19)9-17(26)22-13-5-3-12(20)4-6-13/h2-8,10,16,25H,9H2,1H3,(H,22,26)(H,23,24,27). The Kier molecular flexibility index (Phi) is 6.45. The van der Waals surface area contributed by atoms with Crippen LogP contribution in [0.1, 0.15) is 12.0 Å². The van der Waals surface area contributed by atoms with Crippen molar-refractivity contribution in [3.63, 3.8) is 0 Å². The van der Waals surface area contributed by atoms with E-state index in [2.05, 4.69) is 20.8 Å². The van der Waals surface area contributed by atoms with E-state index in [4.69, 9.17) is 4.74 Å². The van der Waals surface area contributed by atoms with Gasteiger partial charge in [0, 0.05) is 12.1 Å². The lowest BCUT2D eigenvalue weighted by Crippen LogP contribution is -2.28. The maximum atomic E-state index is 12.9. The van der Waals surface area contributed by atoms with E-state index in [1.165, 1.54) is 43.7 Å². The summed E-state index contributed by atoms with van der Waals surface area (Å²) in [5.74, 6) is -0.802. The summed E-state index contributed by atoms with van der Waals surface area (Å²) in [6.45, 7) is 0. The lowest BCUT2D eigenvalue weighted by Gasteiger charge is -2.07. The first-order chi connectivity index (χ1) is 13.9. The Morgan fingerprint density at radius 3 is 2.83 bits per heavy atom. The second-order valence-corrected chi connectivity index (χ2v) is 7.13. The smallest absolute Gasteiger partial charge is 0.240 e. The van der Waals surface area contributed by atoms with Gasteiger partial charge in [-0.1, -0.05) is 11.8 Å². The Balaban J connectivity index is 1.56. The zero-order valence-electron chi connectivity index (χ0n) is 15.3. The van der Waals surface area contributed by atoms with E-state index in [-0.39, 0.29) is 29.2 Å². The van der Waals surface area contributed by atoms with Crippen molar-refractivity contribution in [1.82, 2.24) is 5.32 Å². The van der Waals surface area contributed by atoms with Crippen LogP contribution in [0.5, 0.6) is 11.5 Å². The molecule has 8 nitrogen and oxygen atoms in total. The molecule has 1 heterocycles. The number of nitrogens with zero attached hydrogens (tertiary/aromatic N) is 2. The van der Waals surface area contributed by atoms with Gasteiger partial charge in [0.15, 0.2) is 16.7 Å². The molecule has 1 aliphatic rings. The molecule has 1 unspecified atom stereocenters. The number of anilines is 1. The van der Waals surface area contributed by atoms with Crippen LogP contribution in [0.4, 0.5) is 10.1 Å². The molecule has 2 amide bonds. The summed E-state index contributed by atoms with van der Waals surface area (Å²) in [6.07, 6.45) is 1.38. The third-order valence-corrected chi connectivity index (χ3v) is 4.91. The molecule has 0 aliphatic carbocycles. The number of hydrogen-bond acceptors (Lipinski definition) is 7. The van der Waals surface area contributed by atoms with Crippen LogP contribution in [0.25, 0.3) is 0 Å². The molecule has 2 aromatic rings. The topological polar surface area (TPSA) is 112 Å². The van der Waals surface area contributed by atoms with Crippen molar-refractivity contribution < 1.29 is 23.8 Å². The fraction of sp³-hybridized carbons (Fsp3) is 0.158. The van der Waals surface area contributed by atoms with Gasteiger partial charge in [0.2, 0.25) is 11.8 Å². The highest BCUT2D eigenvalue weighted by Crippen LogP contribution is 2.26. The molecule has 3 rings (SSSR count). The third-order valence-electron chi connectivity index (χ3n) is 3.83. The van der Waals surface area contributed by atoms with Gasteiger partial charge in [-0.15, -0.1) is 5.10 Å². The lowest BCUT2D eigenvalue weighted by molar-refractivity contribution is -0.122. The van der Waals surface area contributed by atoms with Crippen molar-refractivity contribution in [2.24, 2.45) is 10.2 Å². The summed E-state index contributed by atoms with van der Waals surface area (Å²) in [5, 5.41) is 22.2. The number of ether oxygens (including phenoxy) is 1. The van der Waals surface area contributed by atoms with Gasteiger partial charge in [-0.05, 0) is 48.0 Å². The number of carbonyl (C=O) groups is 2. The summed E-state index contributed by atoms with van der Waals surface area (Å²) < 4.78 is 17.9. The third kappa shape index (κ3) is 5.55. The molecular formula is C19H17FN4O4S. The summed E-state index contributed by atoms with van der Waals surface area (Å²) >= 11 is 1.10. The molecule has 0 bridgehead atoms. The molecule has 0 saturated carbocycles. The highest BCUT2D eigenvalue weighted by molar-refractivity contribution is 8.15. The zero-order valence-corrected chi connectivity index (χ0v) is 16.1. The Bertz CT molecular complexity index is 979. The average molecular weight is 416 g/mol. The summed E-state index contributed by atoms with van der Waals surface area (Å²) in [4.78, 5) is 24.1. The van der Waals surface area contributed by atoms with Crippen LogP contribution in [0.2, 0.25) is 0 Å². The summed E-state index contributed by atoms with van der Waals surface area (Å²) in [7, 11) is 1.44. The van der Waals surface area contributed by atoms with E-state index in [1.54, 1.807) is 12.1 Å². The number of carbonyl (C=O) groups excluding carboxylic acids is 2. The molecule has 0 aromatic heterocycles. The summed E-state index contributed by atoms with van der Waals surface area (Å²) in [6, 6.07) is 10.0. The second-order valence-electron chi connectivity index (χ2n) is 5.94. The number of halogens is 1. The molecule has 1 fully saturated rings. The van der Waals surface area contributed by atoms with Gasteiger partial charge in [0.05, 0.1) is 13.3 Å². The first kappa shape index (κ1) is 20.3. The minimum Gasteiger partial charge on any atom is -0.504 e. The molecule has 0 spiro atoms. The number of rotatable bonds is 6. The number of amides is 2. The van der Waals surface area contributed by atoms with Crippen molar-refractivity contribution in [3.05, 3.63) is 53.8 Å². The van der Waals surface area contributed by atoms with Crippen molar-refractivity contribution in [3.8, 4) is 11.5 Å². The average Bonchev–Trinajstić information content (AvgIpc) is 3.04. The van der Waals surface area contributed by atoms with Crippen LogP contribution in [0, 0.1) is 5.82 Å². The fourth-order valence-electron chi connectivity index (χ4n) is 2.42. The number of thioether (sulfide) groups is 1. The van der Waals surface area contributed by atoms with Crippen LogP contribution in [-0.2, 0) is 9.59 Å². The molecule has 10 heteroatoms. The van der Waals surface area contributed by atoms with Crippen molar-refractivity contribution in [2.75, 3.05) is 12.4 Å². The van der Waals surface area contributed by atoms with Gasteiger partial charge in [0.1, 0.15) is 11.1 Å².